The number of thiophene rings is 1. The molecule has 50 heavy (non-hydrogen) atoms. The molecule has 0 saturated carbocycles. The Morgan fingerprint density at radius 3 is 1.76 bits per heavy atom. The lowest BCUT2D eigenvalue weighted by Gasteiger charge is -2.10. The molecule has 0 aliphatic carbocycles. The average Bonchev–Trinajstić information content (AvgIpc) is 3.74. The molecule has 0 atom stereocenters. The lowest BCUT2D eigenvalue weighted by molar-refractivity contribution is 1.18. The maximum absolute atomic E-state index is 5.19. The van der Waals surface area contributed by atoms with Gasteiger partial charge in [0.2, 0.25) is 0 Å². The molecule has 10 aromatic rings. The van der Waals surface area contributed by atoms with Crippen LogP contribution >= 0.6 is 11.3 Å². The molecule has 0 aliphatic rings. The number of nitrogens with zero attached hydrogens (tertiary/aromatic N) is 3. The van der Waals surface area contributed by atoms with Crippen LogP contribution in [0.4, 0.5) is 0 Å². The molecule has 0 bridgehead atoms. The van der Waals surface area contributed by atoms with E-state index in [0.717, 1.165) is 39.6 Å². The number of aromatic nitrogens is 3. The Hall–Kier alpha value is -6.36. The van der Waals surface area contributed by atoms with Gasteiger partial charge >= 0.3 is 0 Å². The molecule has 4 heteroatoms. The second-order valence-corrected chi connectivity index (χ2v) is 13.6. The van der Waals surface area contributed by atoms with Crippen molar-refractivity contribution in [2.24, 2.45) is 0 Å². The quantitative estimate of drug-likeness (QED) is 0.185. The Balaban J connectivity index is 1.19. The average molecular weight is 656 g/mol. The Labute approximate surface area is 293 Å². The highest BCUT2D eigenvalue weighted by atomic mass is 32.1. The highest BCUT2D eigenvalue weighted by molar-refractivity contribution is 7.26. The van der Waals surface area contributed by atoms with E-state index < -0.39 is 0 Å². The zero-order valence-corrected chi connectivity index (χ0v) is 27.8. The summed E-state index contributed by atoms with van der Waals surface area (Å²) in [5.74, 6) is 0.734. The summed E-state index contributed by atoms with van der Waals surface area (Å²) in [5.41, 5.74) is 11.0. The Kier molecular flexibility index (Phi) is 6.68. The zero-order valence-electron chi connectivity index (χ0n) is 27.0. The maximum Gasteiger partial charge on any atom is 0.161 e. The van der Waals surface area contributed by atoms with E-state index in [1.165, 1.54) is 53.1 Å². The van der Waals surface area contributed by atoms with E-state index in [2.05, 4.69) is 168 Å². The normalized spacial score (nSPS) is 11.6. The van der Waals surface area contributed by atoms with Crippen LogP contribution in [0.1, 0.15) is 0 Å². The summed E-state index contributed by atoms with van der Waals surface area (Å²) in [7, 11) is 0. The topological polar surface area (TPSA) is 30.7 Å². The fraction of sp³-hybridized carbons (Fsp3) is 0. The van der Waals surface area contributed by atoms with Crippen molar-refractivity contribution >= 4 is 53.3 Å². The molecule has 3 aromatic heterocycles. The third-order valence-electron chi connectivity index (χ3n) is 9.63. The zero-order chi connectivity index (χ0) is 33.0. The van der Waals surface area contributed by atoms with Crippen LogP contribution < -0.4 is 0 Å². The molecule has 0 fully saturated rings. The lowest BCUT2D eigenvalue weighted by atomic mass is 9.97. The number of hydrogen-bond acceptors (Lipinski definition) is 3. The predicted octanol–water partition coefficient (Wildman–Crippen LogP) is 12.6. The second kappa shape index (κ2) is 11.7. The van der Waals surface area contributed by atoms with E-state index in [4.69, 9.17) is 9.97 Å². The van der Waals surface area contributed by atoms with Gasteiger partial charge in [-0.3, -0.25) is 0 Å². The molecule has 0 amide bonds. The number of benzene rings is 7. The largest absolute Gasteiger partial charge is 0.309 e. The number of para-hydroxylation sites is 2. The van der Waals surface area contributed by atoms with Crippen molar-refractivity contribution in [3.05, 3.63) is 176 Å². The minimum Gasteiger partial charge on any atom is -0.309 e. The molecule has 7 aromatic carbocycles. The van der Waals surface area contributed by atoms with Crippen LogP contribution in [0.5, 0.6) is 0 Å². The van der Waals surface area contributed by atoms with Crippen molar-refractivity contribution in [1.29, 1.82) is 0 Å². The van der Waals surface area contributed by atoms with Gasteiger partial charge in [0.25, 0.3) is 0 Å². The smallest absolute Gasteiger partial charge is 0.161 e. The first kappa shape index (κ1) is 28.6. The van der Waals surface area contributed by atoms with Crippen molar-refractivity contribution < 1.29 is 0 Å². The summed E-state index contributed by atoms with van der Waals surface area (Å²) >= 11 is 1.82. The van der Waals surface area contributed by atoms with E-state index >= 15 is 0 Å². The number of hydrogen-bond donors (Lipinski definition) is 0. The summed E-state index contributed by atoms with van der Waals surface area (Å²) in [6, 6.07) is 62.4. The minimum absolute atomic E-state index is 0.734. The molecule has 10 rings (SSSR count). The van der Waals surface area contributed by atoms with Gasteiger partial charge in [-0.1, -0.05) is 133 Å². The van der Waals surface area contributed by atoms with Crippen LogP contribution in [-0.4, -0.2) is 14.5 Å². The predicted molar refractivity (Wildman–Crippen MR) is 211 cm³/mol. The van der Waals surface area contributed by atoms with E-state index in [1.807, 2.05) is 23.5 Å². The van der Waals surface area contributed by atoms with Gasteiger partial charge in [0.05, 0.1) is 22.4 Å². The molecule has 3 heterocycles. The van der Waals surface area contributed by atoms with Crippen LogP contribution in [0, 0.1) is 0 Å². The Morgan fingerprint density at radius 1 is 0.420 bits per heavy atom. The van der Waals surface area contributed by atoms with E-state index in [9.17, 15) is 0 Å². The highest BCUT2D eigenvalue weighted by Crippen LogP contribution is 2.45. The van der Waals surface area contributed by atoms with Crippen molar-refractivity contribution in [1.82, 2.24) is 14.5 Å². The van der Waals surface area contributed by atoms with Gasteiger partial charge in [-0.25, -0.2) is 9.97 Å². The summed E-state index contributed by atoms with van der Waals surface area (Å²) in [6.45, 7) is 0. The van der Waals surface area contributed by atoms with Gasteiger partial charge in [0.15, 0.2) is 5.82 Å². The SMILES string of the molecule is c1ccc(-c2cc(-c3ccccc3)nc(-c3cccc4c3sc3cccc(-c5ccc6c7ccccc7n(-c7ccccc7)c6c5)c34)n2)cc1. The summed E-state index contributed by atoms with van der Waals surface area (Å²) in [6.07, 6.45) is 0. The molecule has 0 radical (unpaired) electrons. The van der Waals surface area contributed by atoms with Gasteiger partial charge in [0.1, 0.15) is 0 Å². The molecule has 234 valence electrons. The molecule has 3 nitrogen and oxygen atoms in total. The molecule has 0 N–H and O–H groups in total. The summed E-state index contributed by atoms with van der Waals surface area (Å²) in [4.78, 5) is 10.4. The molecule has 0 saturated heterocycles. The van der Waals surface area contributed by atoms with E-state index in [0.29, 0.717) is 0 Å². The fourth-order valence-electron chi connectivity index (χ4n) is 7.34. The standard InChI is InChI=1S/C46H29N3S/c1-4-14-30(15-5-1)39-29-40(31-16-6-2-7-17-31)48-46(47-39)38-23-12-22-37-44-34(21-13-25-43(44)50-45(37)38)32-26-27-36-35-20-10-11-24-41(35)49(42(36)28-32)33-18-8-3-9-19-33/h1-29H. The van der Waals surface area contributed by atoms with E-state index in [1.54, 1.807) is 0 Å². The van der Waals surface area contributed by atoms with Crippen molar-refractivity contribution in [2.75, 3.05) is 0 Å². The highest BCUT2D eigenvalue weighted by Gasteiger charge is 2.19. The molecule has 0 unspecified atom stereocenters. The Morgan fingerprint density at radius 2 is 1.02 bits per heavy atom. The van der Waals surface area contributed by atoms with Crippen molar-refractivity contribution in [3.8, 4) is 50.7 Å². The van der Waals surface area contributed by atoms with Gasteiger partial charge < -0.3 is 4.57 Å². The minimum atomic E-state index is 0.734. The van der Waals surface area contributed by atoms with Gasteiger partial charge in [-0.05, 0) is 53.6 Å². The fourth-order valence-corrected chi connectivity index (χ4v) is 8.58. The summed E-state index contributed by atoms with van der Waals surface area (Å²) in [5, 5.41) is 4.99. The van der Waals surface area contributed by atoms with Gasteiger partial charge in [0, 0.05) is 53.3 Å². The van der Waals surface area contributed by atoms with Crippen molar-refractivity contribution in [2.45, 2.75) is 0 Å². The molecule has 0 aliphatic heterocycles. The lowest BCUT2D eigenvalue weighted by Crippen LogP contribution is -1.96. The second-order valence-electron chi connectivity index (χ2n) is 12.6. The maximum atomic E-state index is 5.19. The first-order chi connectivity index (χ1) is 24.8. The van der Waals surface area contributed by atoms with Gasteiger partial charge in [-0.2, -0.15) is 0 Å². The molecular weight excluding hydrogens is 627 g/mol. The van der Waals surface area contributed by atoms with Crippen LogP contribution in [0.15, 0.2) is 176 Å². The third kappa shape index (κ3) is 4.65. The van der Waals surface area contributed by atoms with Crippen LogP contribution in [0.3, 0.4) is 0 Å². The van der Waals surface area contributed by atoms with Crippen LogP contribution in [0.2, 0.25) is 0 Å². The number of fused-ring (bicyclic) bond motifs is 6. The first-order valence-corrected chi connectivity index (χ1v) is 17.7. The van der Waals surface area contributed by atoms with Crippen LogP contribution in [0.25, 0.3) is 92.7 Å². The molecular formula is C46H29N3S. The Bertz CT molecular complexity index is 2800. The third-order valence-corrected chi connectivity index (χ3v) is 10.8. The molecule has 0 spiro atoms. The van der Waals surface area contributed by atoms with E-state index in [-0.39, 0.29) is 0 Å². The summed E-state index contributed by atoms with van der Waals surface area (Å²) < 4.78 is 4.83. The van der Waals surface area contributed by atoms with Gasteiger partial charge in [-0.15, -0.1) is 11.3 Å². The first-order valence-electron chi connectivity index (χ1n) is 16.8. The number of rotatable bonds is 5. The van der Waals surface area contributed by atoms with Crippen molar-refractivity contribution in [3.63, 3.8) is 0 Å². The van der Waals surface area contributed by atoms with Crippen LogP contribution in [-0.2, 0) is 0 Å². The monoisotopic (exact) mass is 655 g/mol.